The van der Waals surface area contributed by atoms with Crippen molar-refractivity contribution in [2.75, 3.05) is 7.05 Å². The van der Waals surface area contributed by atoms with Crippen LogP contribution in [0.5, 0.6) is 0 Å². The van der Waals surface area contributed by atoms with Crippen LogP contribution in [0.2, 0.25) is 0 Å². The molecule has 0 aromatic rings. The Hall–Kier alpha value is -0.0800. The summed E-state index contributed by atoms with van der Waals surface area (Å²) in [4.78, 5) is 2.36. The smallest absolute Gasteiger partial charge is 0.0695 e. The Morgan fingerprint density at radius 1 is 1.46 bits per heavy atom. The van der Waals surface area contributed by atoms with Crippen LogP contribution in [0, 0.1) is 0 Å². The number of aliphatic hydroxyl groups excluding tert-OH is 1. The monoisotopic (exact) mass is 185 g/mol. The van der Waals surface area contributed by atoms with Crippen molar-refractivity contribution >= 4 is 0 Å². The van der Waals surface area contributed by atoms with Crippen molar-refractivity contribution in [1.29, 1.82) is 0 Å². The van der Waals surface area contributed by atoms with Crippen LogP contribution < -0.4 is 0 Å². The molecule has 3 atom stereocenters. The van der Waals surface area contributed by atoms with Gasteiger partial charge in [-0.2, -0.15) is 0 Å². The zero-order valence-electron chi connectivity index (χ0n) is 9.16. The second-order valence-corrected chi connectivity index (χ2v) is 4.37. The largest absolute Gasteiger partial charge is 0.391 e. The first-order valence-electron chi connectivity index (χ1n) is 5.56. The molecule has 1 aliphatic carbocycles. The average Bonchev–Trinajstić information content (AvgIpc) is 2.50. The molecule has 1 rings (SSSR count). The Kier molecular flexibility index (Phi) is 4.20. The van der Waals surface area contributed by atoms with Crippen LogP contribution in [0.15, 0.2) is 0 Å². The van der Waals surface area contributed by atoms with E-state index in [1.54, 1.807) is 0 Å². The summed E-state index contributed by atoms with van der Waals surface area (Å²) in [7, 11) is 2.15. The lowest BCUT2D eigenvalue weighted by Crippen LogP contribution is -2.42. The Labute approximate surface area is 81.9 Å². The van der Waals surface area contributed by atoms with E-state index in [4.69, 9.17) is 0 Å². The molecule has 2 heteroatoms. The second-order valence-electron chi connectivity index (χ2n) is 4.37. The summed E-state index contributed by atoms with van der Waals surface area (Å²) < 4.78 is 0. The molecule has 2 nitrogen and oxygen atoms in total. The first-order chi connectivity index (χ1) is 6.16. The Bertz CT molecular complexity index is 149. The highest BCUT2D eigenvalue weighted by Gasteiger charge is 2.30. The fourth-order valence-corrected chi connectivity index (χ4v) is 2.34. The molecule has 0 heterocycles. The molecule has 1 fully saturated rings. The van der Waals surface area contributed by atoms with E-state index in [0.29, 0.717) is 12.1 Å². The lowest BCUT2D eigenvalue weighted by Gasteiger charge is -2.32. The van der Waals surface area contributed by atoms with Gasteiger partial charge >= 0.3 is 0 Å². The summed E-state index contributed by atoms with van der Waals surface area (Å²) in [5.41, 5.74) is 0. The lowest BCUT2D eigenvalue weighted by molar-refractivity contribution is 0.0632. The highest BCUT2D eigenvalue weighted by atomic mass is 16.3. The summed E-state index contributed by atoms with van der Waals surface area (Å²) in [6.07, 6.45) is 5.74. The van der Waals surface area contributed by atoms with Gasteiger partial charge in [-0.15, -0.1) is 0 Å². The number of nitrogens with zero attached hydrogens (tertiary/aromatic N) is 1. The molecule has 0 amide bonds. The molecule has 0 bridgehead atoms. The summed E-state index contributed by atoms with van der Waals surface area (Å²) in [6.45, 7) is 4.48. The molecule has 0 aromatic carbocycles. The molecule has 0 radical (unpaired) electrons. The maximum Gasteiger partial charge on any atom is 0.0695 e. The first kappa shape index (κ1) is 11.0. The predicted octanol–water partition coefficient (Wildman–Crippen LogP) is 2.02. The van der Waals surface area contributed by atoms with Gasteiger partial charge in [0.25, 0.3) is 0 Å². The molecule has 0 aliphatic heterocycles. The third-order valence-electron chi connectivity index (χ3n) is 3.37. The van der Waals surface area contributed by atoms with Crippen molar-refractivity contribution in [3.05, 3.63) is 0 Å². The van der Waals surface area contributed by atoms with E-state index < -0.39 is 0 Å². The molecule has 0 spiro atoms. The van der Waals surface area contributed by atoms with Crippen molar-refractivity contribution in [2.45, 2.75) is 64.1 Å². The standard InChI is InChI=1S/C11H23NO/c1-4-6-9(2)12(3)10-7-5-8-11(10)13/h9-11,13H,4-8H2,1-3H3. The van der Waals surface area contributed by atoms with Gasteiger partial charge in [-0.1, -0.05) is 13.3 Å². The van der Waals surface area contributed by atoms with Crippen LogP contribution in [-0.2, 0) is 0 Å². The summed E-state index contributed by atoms with van der Waals surface area (Å²) in [5, 5.41) is 9.73. The number of likely N-dealkylation sites (N-methyl/N-ethyl adjacent to an activating group) is 1. The molecule has 1 aliphatic rings. The van der Waals surface area contributed by atoms with Crippen LogP contribution in [0.25, 0.3) is 0 Å². The highest BCUT2D eigenvalue weighted by molar-refractivity contribution is 4.85. The molecular weight excluding hydrogens is 162 g/mol. The van der Waals surface area contributed by atoms with Crippen molar-refractivity contribution in [1.82, 2.24) is 4.90 Å². The third kappa shape index (κ3) is 2.68. The zero-order chi connectivity index (χ0) is 9.84. The van der Waals surface area contributed by atoms with E-state index in [2.05, 4.69) is 25.8 Å². The molecule has 0 saturated heterocycles. The Morgan fingerprint density at radius 2 is 2.15 bits per heavy atom. The van der Waals surface area contributed by atoms with Crippen molar-refractivity contribution in [3.8, 4) is 0 Å². The number of hydrogen-bond donors (Lipinski definition) is 1. The minimum atomic E-state index is -0.0793. The molecular formula is C11H23NO. The van der Waals surface area contributed by atoms with Gasteiger partial charge in [0.15, 0.2) is 0 Å². The van der Waals surface area contributed by atoms with E-state index in [9.17, 15) is 5.11 Å². The van der Waals surface area contributed by atoms with Crippen LogP contribution in [0.1, 0.15) is 46.0 Å². The number of aliphatic hydroxyl groups is 1. The van der Waals surface area contributed by atoms with E-state index in [-0.39, 0.29) is 6.10 Å². The highest BCUT2D eigenvalue weighted by Crippen LogP contribution is 2.25. The van der Waals surface area contributed by atoms with Crippen molar-refractivity contribution < 1.29 is 5.11 Å². The van der Waals surface area contributed by atoms with E-state index >= 15 is 0 Å². The van der Waals surface area contributed by atoms with Gasteiger partial charge in [-0.3, -0.25) is 4.90 Å². The number of rotatable bonds is 4. The average molecular weight is 185 g/mol. The van der Waals surface area contributed by atoms with Gasteiger partial charge in [0, 0.05) is 12.1 Å². The SMILES string of the molecule is CCCC(C)N(C)C1CCCC1O. The first-order valence-corrected chi connectivity index (χ1v) is 5.56. The van der Waals surface area contributed by atoms with Gasteiger partial charge < -0.3 is 5.11 Å². The molecule has 0 aromatic heterocycles. The second kappa shape index (κ2) is 4.97. The van der Waals surface area contributed by atoms with Gasteiger partial charge in [-0.05, 0) is 39.7 Å². The van der Waals surface area contributed by atoms with Crippen molar-refractivity contribution in [2.24, 2.45) is 0 Å². The topological polar surface area (TPSA) is 23.5 Å². The van der Waals surface area contributed by atoms with Crippen LogP contribution >= 0.6 is 0 Å². The Balaban J connectivity index is 2.40. The van der Waals surface area contributed by atoms with Crippen molar-refractivity contribution in [3.63, 3.8) is 0 Å². The van der Waals surface area contributed by atoms with E-state index in [1.165, 1.54) is 25.7 Å². The van der Waals surface area contributed by atoms with Gasteiger partial charge in [0.2, 0.25) is 0 Å². The number of hydrogen-bond acceptors (Lipinski definition) is 2. The third-order valence-corrected chi connectivity index (χ3v) is 3.37. The lowest BCUT2D eigenvalue weighted by atomic mass is 10.1. The minimum absolute atomic E-state index is 0.0793. The zero-order valence-corrected chi connectivity index (χ0v) is 9.16. The summed E-state index contributed by atoms with van der Waals surface area (Å²) in [5.74, 6) is 0. The molecule has 13 heavy (non-hydrogen) atoms. The summed E-state index contributed by atoms with van der Waals surface area (Å²) >= 11 is 0. The predicted molar refractivity (Wildman–Crippen MR) is 55.8 cm³/mol. The molecule has 1 saturated carbocycles. The van der Waals surface area contributed by atoms with Crippen LogP contribution in [0.3, 0.4) is 0 Å². The van der Waals surface area contributed by atoms with Gasteiger partial charge in [-0.25, -0.2) is 0 Å². The summed E-state index contributed by atoms with van der Waals surface area (Å²) in [6, 6.07) is 1.03. The maximum atomic E-state index is 9.73. The fourth-order valence-electron chi connectivity index (χ4n) is 2.34. The molecule has 78 valence electrons. The molecule has 3 unspecified atom stereocenters. The van der Waals surface area contributed by atoms with E-state index in [1.807, 2.05) is 0 Å². The fraction of sp³-hybridized carbons (Fsp3) is 1.00. The van der Waals surface area contributed by atoms with Crippen LogP contribution in [-0.4, -0.2) is 35.2 Å². The quantitative estimate of drug-likeness (QED) is 0.724. The van der Waals surface area contributed by atoms with Gasteiger partial charge in [0.05, 0.1) is 6.10 Å². The van der Waals surface area contributed by atoms with Crippen LogP contribution in [0.4, 0.5) is 0 Å². The molecule has 1 N–H and O–H groups in total. The minimum Gasteiger partial charge on any atom is -0.391 e. The normalized spacial score (nSPS) is 31.2. The Morgan fingerprint density at radius 3 is 2.62 bits per heavy atom. The van der Waals surface area contributed by atoms with E-state index in [0.717, 1.165) is 6.42 Å². The maximum absolute atomic E-state index is 9.73. The van der Waals surface area contributed by atoms with Gasteiger partial charge in [0.1, 0.15) is 0 Å².